The average molecular weight is 275 g/mol. The van der Waals surface area contributed by atoms with Gasteiger partial charge in [-0.3, -0.25) is 9.58 Å². The van der Waals surface area contributed by atoms with Crippen LogP contribution in [0, 0.1) is 0 Å². The van der Waals surface area contributed by atoms with Crippen LogP contribution in [-0.4, -0.2) is 59.2 Å². The van der Waals surface area contributed by atoms with E-state index in [1.807, 2.05) is 22.9 Å². The van der Waals surface area contributed by atoms with E-state index >= 15 is 0 Å². The summed E-state index contributed by atoms with van der Waals surface area (Å²) in [5.74, 6) is 0. The van der Waals surface area contributed by atoms with Gasteiger partial charge in [0.05, 0.1) is 31.9 Å². The van der Waals surface area contributed by atoms with Crippen LogP contribution in [0.3, 0.4) is 0 Å². The molecule has 5 heteroatoms. The van der Waals surface area contributed by atoms with E-state index in [2.05, 4.69) is 23.1 Å². The smallest absolute Gasteiger partial charge is 0.0926 e. The highest BCUT2D eigenvalue weighted by molar-refractivity contribution is 5.81. The minimum Gasteiger partial charge on any atom is -0.394 e. The molecule has 0 aliphatic carbocycles. The largest absolute Gasteiger partial charge is 0.394 e. The predicted molar refractivity (Wildman–Crippen MR) is 77.8 cm³/mol. The van der Waals surface area contributed by atoms with Crippen LogP contribution >= 0.6 is 0 Å². The first-order valence-corrected chi connectivity index (χ1v) is 7.13. The maximum Gasteiger partial charge on any atom is 0.0926 e. The number of benzene rings is 1. The highest BCUT2D eigenvalue weighted by Crippen LogP contribution is 2.21. The number of morpholine rings is 1. The fourth-order valence-electron chi connectivity index (χ4n) is 2.81. The summed E-state index contributed by atoms with van der Waals surface area (Å²) in [6.07, 6.45) is 0.900. The van der Waals surface area contributed by atoms with Crippen molar-refractivity contribution in [2.45, 2.75) is 19.0 Å². The van der Waals surface area contributed by atoms with Crippen molar-refractivity contribution < 1.29 is 9.84 Å². The molecule has 0 amide bonds. The third-order valence-electron chi connectivity index (χ3n) is 4.02. The Kier molecular flexibility index (Phi) is 4.00. The van der Waals surface area contributed by atoms with Gasteiger partial charge >= 0.3 is 0 Å². The topological polar surface area (TPSA) is 50.5 Å². The normalized spacial score (nSPS) is 20.6. The average Bonchev–Trinajstić information content (AvgIpc) is 2.80. The summed E-state index contributed by atoms with van der Waals surface area (Å²) in [4.78, 5) is 2.34. The molecule has 3 rings (SSSR count). The zero-order chi connectivity index (χ0) is 13.9. The minimum atomic E-state index is 0.109. The van der Waals surface area contributed by atoms with Crippen LogP contribution in [0.1, 0.15) is 5.69 Å². The van der Waals surface area contributed by atoms with Crippen LogP contribution in [0.4, 0.5) is 0 Å². The second-order valence-electron chi connectivity index (χ2n) is 5.32. The molecular formula is C15H21N3O2. The third kappa shape index (κ3) is 2.57. The molecule has 1 aliphatic rings. The Morgan fingerprint density at radius 3 is 3.05 bits per heavy atom. The number of rotatable bonds is 4. The van der Waals surface area contributed by atoms with E-state index < -0.39 is 0 Å². The Labute approximate surface area is 118 Å². The fourth-order valence-corrected chi connectivity index (χ4v) is 2.81. The molecule has 0 spiro atoms. The molecule has 0 bridgehead atoms. The molecule has 2 aromatic rings. The monoisotopic (exact) mass is 275 g/mol. The number of nitrogens with zero attached hydrogens (tertiary/aromatic N) is 3. The standard InChI is InChI=1S/C15H21N3O2/c1-17-7-9-20-11-12(17)10-15-13-4-2-3-5-14(13)16-18(15)6-8-19/h2-5,12,19H,6-11H2,1H3/t12-/m1/s1. The number of likely N-dealkylation sites (N-methyl/N-ethyl adjacent to an activating group) is 1. The molecule has 0 saturated carbocycles. The second-order valence-corrected chi connectivity index (χ2v) is 5.32. The van der Waals surface area contributed by atoms with E-state index in [4.69, 9.17) is 4.74 Å². The van der Waals surface area contributed by atoms with Gasteiger partial charge in [-0.05, 0) is 13.1 Å². The molecule has 1 atom stereocenters. The van der Waals surface area contributed by atoms with Crippen LogP contribution in [0.15, 0.2) is 24.3 Å². The zero-order valence-corrected chi connectivity index (χ0v) is 11.8. The van der Waals surface area contributed by atoms with Gasteiger partial charge < -0.3 is 9.84 Å². The highest BCUT2D eigenvalue weighted by atomic mass is 16.5. The third-order valence-corrected chi connectivity index (χ3v) is 4.02. The molecule has 108 valence electrons. The molecular weight excluding hydrogens is 254 g/mol. The molecule has 0 unspecified atom stereocenters. The van der Waals surface area contributed by atoms with Crippen LogP contribution in [0.2, 0.25) is 0 Å². The van der Waals surface area contributed by atoms with Gasteiger partial charge in [0.1, 0.15) is 0 Å². The maximum atomic E-state index is 9.23. The first-order valence-electron chi connectivity index (χ1n) is 7.13. The first-order chi connectivity index (χ1) is 9.79. The van der Waals surface area contributed by atoms with Gasteiger partial charge in [-0.2, -0.15) is 5.10 Å². The Hall–Kier alpha value is -1.43. The van der Waals surface area contributed by atoms with Gasteiger partial charge in [0.25, 0.3) is 0 Å². The SMILES string of the molecule is CN1CCOC[C@H]1Cc1c2ccccc2nn1CCO. The summed E-state index contributed by atoms with van der Waals surface area (Å²) in [6.45, 7) is 3.19. The number of ether oxygens (including phenoxy) is 1. The van der Waals surface area contributed by atoms with Crippen LogP contribution in [0.5, 0.6) is 0 Å². The van der Waals surface area contributed by atoms with Crippen molar-refractivity contribution in [3.63, 3.8) is 0 Å². The van der Waals surface area contributed by atoms with E-state index in [1.165, 1.54) is 11.1 Å². The molecule has 0 radical (unpaired) electrons. The summed E-state index contributed by atoms with van der Waals surface area (Å²) in [7, 11) is 2.14. The van der Waals surface area contributed by atoms with Crippen molar-refractivity contribution >= 4 is 10.9 Å². The predicted octanol–water partition coefficient (Wildman–Crippen LogP) is 0.902. The number of fused-ring (bicyclic) bond motifs is 1. The van der Waals surface area contributed by atoms with E-state index in [0.29, 0.717) is 12.6 Å². The Morgan fingerprint density at radius 2 is 2.25 bits per heavy atom. The van der Waals surface area contributed by atoms with E-state index in [-0.39, 0.29) is 6.61 Å². The number of aliphatic hydroxyl groups is 1. The van der Waals surface area contributed by atoms with Crippen molar-refractivity contribution in [2.24, 2.45) is 0 Å². The molecule has 1 aliphatic heterocycles. The first kappa shape index (κ1) is 13.5. The van der Waals surface area contributed by atoms with Crippen molar-refractivity contribution in [2.75, 3.05) is 33.4 Å². The molecule has 5 nitrogen and oxygen atoms in total. The lowest BCUT2D eigenvalue weighted by molar-refractivity contribution is 0.00562. The summed E-state index contributed by atoms with van der Waals surface area (Å²) in [5, 5.41) is 15.0. The van der Waals surface area contributed by atoms with E-state index in [9.17, 15) is 5.11 Å². The van der Waals surface area contributed by atoms with Crippen LogP contribution in [0.25, 0.3) is 10.9 Å². The van der Waals surface area contributed by atoms with Gasteiger partial charge in [-0.15, -0.1) is 0 Å². The zero-order valence-electron chi connectivity index (χ0n) is 11.8. The van der Waals surface area contributed by atoms with Crippen molar-refractivity contribution in [1.29, 1.82) is 0 Å². The molecule has 1 N–H and O–H groups in total. The molecule has 1 saturated heterocycles. The van der Waals surface area contributed by atoms with Crippen molar-refractivity contribution in [3.05, 3.63) is 30.0 Å². The molecule has 1 aromatic carbocycles. The van der Waals surface area contributed by atoms with Gasteiger partial charge in [0.15, 0.2) is 0 Å². The maximum absolute atomic E-state index is 9.23. The quantitative estimate of drug-likeness (QED) is 0.901. The second kappa shape index (κ2) is 5.91. The molecule has 20 heavy (non-hydrogen) atoms. The summed E-state index contributed by atoms with van der Waals surface area (Å²) in [5.41, 5.74) is 2.19. The van der Waals surface area contributed by atoms with Gasteiger partial charge in [0, 0.05) is 30.1 Å². The van der Waals surface area contributed by atoms with Crippen LogP contribution in [-0.2, 0) is 17.7 Å². The lowest BCUT2D eigenvalue weighted by Crippen LogP contribution is -2.44. The fraction of sp³-hybridized carbons (Fsp3) is 0.533. The number of hydrogen-bond acceptors (Lipinski definition) is 4. The molecule has 1 aromatic heterocycles. The van der Waals surface area contributed by atoms with E-state index in [0.717, 1.165) is 31.7 Å². The van der Waals surface area contributed by atoms with Crippen LogP contribution < -0.4 is 0 Å². The lowest BCUT2D eigenvalue weighted by Gasteiger charge is -2.32. The number of aliphatic hydroxyl groups excluding tert-OH is 1. The minimum absolute atomic E-state index is 0.109. The lowest BCUT2D eigenvalue weighted by atomic mass is 10.1. The van der Waals surface area contributed by atoms with Gasteiger partial charge in [-0.1, -0.05) is 18.2 Å². The number of hydrogen-bond donors (Lipinski definition) is 1. The highest BCUT2D eigenvalue weighted by Gasteiger charge is 2.23. The molecule has 2 heterocycles. The van der Waals surface area contributed by atoms with Crippen molar-refractivity contribution in [3.8, 4) is 0 Å². The Balaban J connectivity index is 1.93. The Bertz CT molecular complexity index is 582. The summed E-state index contributed by atoms with van der Waals surface area (Å²) >= 11 is 0. The van der Waals surface area contributed by atoms with Gasteiger partial charge in [0.2, 0.25) is 0 Å². The summed E-state index contributed by atoms with van der Waals surface area (Å²) in [6, 6.07) is 8.54. The molecule has 1 fully saturated rings. The Morgan fingerprint density at radius 1 is 1.40 bits per heavy atom. The van der Waals surface area contributed by atoms with E-state index in [1.54, 1.807) is 0 Å². The van der Waals surface area contributed by atoms with Gasteiger partial charge in [-0.25, -0.2) is 0 Å². The van der Waals surface area contributed by atoms with Crippen molar-refractivity contribution in [1.82, 2.24) is 14.7 Å². The summed E-state index contributed by atoms with van der Waals surface area (Å²) < 4.78 is 7.53. The number of aromatic nitrogens is 2.